The molecule has 1 nitrogen and oxygen atoms in total. The Bertz CT molecular complexity index is 290. The SMILES string of the molecule is CC(C)CC[C@@H](Cc1ccccc1)NC(C)C. The molecule has 0 heterocycles. The summed E-state index contributed by atoms with van der Waals surface area (Å²) < 4.78 is 0. The molecule has 1 aromatic carbocycles. The summed E-state index contributed by atoms with van der Waals surface area (Å²) in [6.45, 7) is 9.06. The molecule has 0 amide bonds. The highest BCUT2D eigenvalue weighted by Crippen LogP contribution is 2.12. The maximum absolute atomic E-state index is 3.68. The standard InChI is InChI=1S/C16H27N/c1-13(2)10-11-16(17-14(3)4)12-15-8-6-5-7-9-15/h5-9,13-14,16-17H,10-12H2,1-4H3/t16-/m0/s1. The molecule has 0 aromatic heterocycles. The first-order chi connectivity index (χ1) is 8.08. The Labute approximate surface area is 107 Å². The fourth-order valence-corrected chi connectivity index (χ4v) is 2.15. The molecule has 0 unspecified atom stereocenters. The van der Waals surface area contributed by atoms with E-state index in [1.165, 1.54) is 18.4 Å². The fraction of sp³-hybridized carbons (Fsp3) is 0.625. The average Bonchev–Trinajstić information content (AvgIpc) is 2.26. The Morgan fingerprint density at radius 1 is 0.941 bits per heavy atom. The van der Waals surface area contributed by atoms with Crippen molar-refractivity contribution in [1.82, 2.24) is 5.32 Å². The van der Waals surface area contributed by atoms with Crippen molar-refractivity contribution in [3.8, 4) is 0 Å². The Balaban J connectivity index is 2.51. The maximum Gasteiger partial charge on any atom is 0.0110 e. The Kier molecular flexibility index (Phi) is 6.28. The van der Waals surface area contributed by atoms with E-state index in [1.807, 2.05) is 0 Å². The van der Waals surface area contributed by atoms with Crippen molar-refractivity contribution in [2.24, 2.45) is 5.92 Å². The summed E-state index contributed by atoms with van der Waals surface area (Å²) in [6, 6.07) is 12.0. The van der Waals surface area contributed by atoms with Gasteiger partial charge in [0.05, 0.1) is 0 Å². The van der Waals surface area contributed by atoms with E-state index in [1.54, 1.807) is 0 Å². The highest BCUT2D eigenvalue weighted by atomic mass is 14.9. The molecule has 0 aliphatic rings. The summed E-state index contributed by atoms with van der Waals surface area (Å²) in [5.74, 6) is 0.794. The minimum atomic E-state index is 0.566. The molecule has 0 spiro atoms. The summed E-state index contributed by atoms with van der Waals surface area (Å²) in [7, 11) is 0. The second-order valence-corrected chi connectivity index (χ2v) is 5.68. The van der Waals surface area contributed by atoms with Gasteiger partial charge in [0.1, 0.15) is 0 Å². The largest absolute Gasteiger partial charge is 0.311 e. The zero-order valence-electron chi connectivity index (χ0n) is 11.7. The minimum Gasteiger partial charge on any atom is -0.311 e. The molecule has 1 heteroatoms. The van der Waals surface area contributed by atoms with Gasteiger partial charge in [-0.05, 0) is 30.7 Å². The molecule has 0 aliphatic carbocycles. The molecular weight excluding hydrogens is 206 g/mol. The zero-order valence-corrected chi connectivity index (χ0v) is 11.7. The summed E-state index contributed by atoms with van der Waals surface area (Å²) in [5.41, 5.74) is 1.44. The van der Waals surface area contributed by atoms with Gasteiger partial charge in [-0.25, -0.2) is 0 Å². The predicted molar refractivity (Wildman–Crippen MR) is 76.3 cm³/mol. The molecule has 0 fully saturated rings. The van der Waals surface area contributed by atoms with Crippen molar-refractivity contribution < 1.29 is 0 Å². The minimum absolute atomic E-state index is 0.566. The van der Waals surface area contributed by atoms with Crippen LogP contribution in [0.1, 0.15) is 46.1 Å². The zero-order chi connectivity index (χ0) is 12.7. The molecule has 1 atom stereocenters. The lowest BCUT2D eigenvalue weighted by atomic mass is 9.97. The lowest BCUT2D eigenvalue weighted by Gasteiger charge is -2.22. The van der Waals surface area contributed by atoms with Gasteiger partial charge in [0.25, 0.3) is 0 Å². The third kappa shape index (κ3) is 6.48. The van der Waals surface area contributed by atoms with E-state index in [4.69, 9.17) is 0 Å². The molecule has 0 bridgehead atoms. The van der Waals surface area contributed by atoms with Gasteiger partial charge in [-0.1, -0.05) is 58.0 Å². The predicted octanol–water partition coefficient (Wildman–Crippen LogP) is 4.03. The second-order valence-electron chi connectivity index (χ2n) is 5.68. The van der Waals surface area contributed by atoms with E-state index in [0.29, 0.717) is 12.1 Å². The smallest absolute Gasteiger partial charge is 0.0110 e. The van der Waals surface area contributed by atoms with Gasteiger partial charge in [0.15, 0.2) is 0 Å². The number of benzene rings is 1. The second kappa shape index (κ2) is 7.50. The van der Waals surface area contributed by atoms with Gasteiger partial charge in [0.2, 0.25) is 0 Å². The first-order valence-electron chi connectivity index (χ1n) is 6.88. The highest BCUT2D eigenvalue weighted by Gasteiger charge is 2.11. The van der Waals surface area contributed by atoms with Crippen LogP contribution >= 0.6 is 0 Å². The van der Waals surface area contributed by atoms with E-state index in [-0.39, 0.29) is 0 Å². The van der Waals surface area contributed by atoms with Gasteiger partial charge in [-0.2, -0.15) is 0 Å². The van der Waals surface area contributed by atoms with E-state index in [2.05, 4.69) is 63.3 Å². The first-order valence-corrected chi connectivity index (χ1v) is 6.88. The van der Waals surface area contributed by atoms with Gasteiger partial charge >= 0.3 is 0 Å². The quantitative estimate of drug-likeness (QED) is 0.749. The van der Waals surface area contributed by atoms with Gasteiger partial charge in [0, 0.05) is 12.1 Å². The Morgan fingerprint density at radius 3 is 2.12 bits per heavy atom. The first kappa shape index (κ1) is 14.2. The van der Waals surface area contributed by atoms with Crippen LogP contribution in [0.15, 0.2) is 30.3 Å². The maximum atomic E-state index is 3.68. The molecule has 0 saturated heterocycles. The van der Waals surface area contributed by atoms with Crippen LogP contribution in [0.25, 0.3) is 0 Å². The molecule has 0 radical (unpaired) electrons. The molecule has 1 aromatic rings. The number of nitrogens with one attached hydrogen (secondary N) is 1. The average molecular weight is 233 g/mol. The van der Waals surface area contributed by atoms with Crippen molar-refractivity contribution in [1.29, 1.82) is 0 Å². The molecule has 1 rings (SSSR count). The molecule has 96 valence electrons. The van der Waals surface area contributed by atoms with Gasteiger partial charge in [-0.3, -0.25) is 0 Å². The van der Waals surface area contributed by atoms with Crippen LogP contribution in [0.5, 0.6) is 0 Å². The van der Waals surface area contributed by atoms with Crippen LogP contribution in [-0.4, -0.2) is 12.1 Å². The van der Waals surface area contributed by atoms with Crippen LogP contribution in [0.3, 0.4) is 0 Å². The van der Waals surface area contributed by atoms with Crippen molar-refractivity contribution >= 4 is 0 Å². The summed E-state index contributed by atoms with van der Waals surface area (Å²) in [4.78, 5) is 0. The van der Waals surface area contributed by atoms with Crippen molar-refractivity contribution in [3.63, 3.8) is 0 Å². The Morgan fingerprint density at radius 2 is 1.59 bits per heavy atom. The van der Waals surface area contributed by atoms with Crippen LogP contribution < -0.4 is 5.32 Å². The van der Waals surface area contributed by atoms with Crippen LogP contribution in [-0.2, 0) is 6.42 Å². The summed E-state index contributed by atoms with van der Waals surface area (Å²) in [6.07, 6.45) is 3.72. The molecule has 0 aliphatic heterocycles. The number of hydrogen-bond donors (Lipinski definition) is 1. The summed E-state index contributed by atoms with van der Waals surface area (Å²) in [5, 5.41) is 3.68. The fourth-order valence-electron chi connectivity index (χ4n) is 2.15. The van der Waals surface area contributed by atoms with Crippen molar-refractivity contribution in [2.45, 2.75) is 59.0 Å². The topological polar surface area (TPSA) is 12.0 Å². The van der Waals surface area contributed by atoms with Crippen LogP contribution in [0.2, 0.25) is 0 Å². The van der Waals surface area contributed by atoms with E-state index < -0.39 is 0 Å². The summed E-state index contributed by atoms with van der Waals surface area (Å²) >= 11 is 0. The lowest BCUT2D eigenvalue weighted by molar-refractivity contribution is 0.400. The van der Waals surface area contributed by atoms with E-state index >= 15 is 0 Å². The van der Waals surface area contributed by atoms with Crippen molar-refractivity contribution in [3.05, 3.63) is 35.9 Å². The van der Waals surface area contributed by atoms with Crippen LogP contribution in [0.4, 0.5) is 0 Å². The number of hydrogen-bond acceptors (Lipinski definition) is 1. The highest BCUT2D eigenvalue weighted by molar-refractivity contribution is 5.15. The van der Waals surface area contributed by atoms with Crippen molar-refractivity contribution in [2.75, 3.05) is 0 Å². The Hall–Kier alpha value is -0.820. The van der Waals surface area contributed by atoms with E-state index in [0.717, 1.165) is 12.3 Å². The monoisotopic (exact) mass is 233 g/mol. The van der Waals surface area contributed by atoms with Gasteiger partial charge in [-0.15, -0.1) is 0 Å². The third-order valence-electron chi connectivity index (χ3n) is 2.99. The number of rotatable bonds is 7. The molecule has 1 N–H and O–H groups in total. The van der Waals surface area contributed by atoms with Crippen LogP contribution in [0, 0.1) is 5.92 Å². The molecule has 0 saturated carbocycles. The van der Waals surface area contributed by atoms with Gasteiger partial charge < -0.3 is 5.32 Å². The van der Waals surface area contributed by atoms with E-state index in [9.17, 15) is 0 Å². The third-order valence-corrected chi connectivity index (χ3v) is 2.99. The lowest BCUT2D eigenvalue weighted by Crippen LogP contribution is -2.36. The normalized spacial score (nSPS) is 13.3. The molecular formula is C16H27N. The molecule has 17 heavy (non-hydrogen) atoms.